The molecule has 1 rings (SSSR count). The van der Waals surface area contributed by atoms with Gasteiger partial charge in [0.1, 0.15) is 5.82 Å². The van der Waals surface area contributed by atoms with Gasteiger partial charge in [0.05, 0.1) is 4.47 Å². The van der Waals surface area contributed by atoms with E-state index in [1.807, 2.05) is 12.1 Å². The summed E-state index contributed by atoms with van der Waals surface area (Å²) in [5, 5.41) is 3.62. The average molecular weight is 344 g/mol. The van der Waals surface area contributed by atoms with E-state index in [0.717, 1.165) is 13.0 Å². The van der Waals surface area contributed by atoms with Crippen LogP contribution < -0.4 is 5.32 Å². The maximum Gasteiger partial charge on any atom is 0.137 e. The molecule has 0 saturated heterocycles. The maximum atomic E-state index is 13.3. The third-order valence-corrected chi connectivity index (χ3v) is 4.54. The molecule has 0 aliphatic rings. The standard InChI is InChI=1S/C17H27BrFN/c1-4-7-8-14(5-2)17(20-6-3)12-13-9-10-16(19)15(18)11-13/h9-11,14,17,20H,4-8,12H2,1-3H3. The molecule has 3 heteroatoms. The molecule has 0 saturated carbocycles. The molecule has 0 heterocycles. The molecule has 0 fully saturated rings. The number of hydrogen-bond donors (Lipinski definition) is 1. The minimum Gasteiger partial charge on any atom is -0.314 e. The Labute approximate surface area is 131 Å². The molecular formula is C17H27BrFN. The van der Waals surface area contributed by atoms with E-state index in [1.54, 1.807) is 6.07 Å². The number of benzene rings is 1. The predicted molar refractivity (Wildman–Crippen MR) is 88.6 cm³/mol. The van der Waals surface area contributed by atoms with E-state index in [9.17, 15) is 4.39 Å². The van der Waals surface area contributed by atoms with E-state index in [0.29, 0.717) is 16.4 Å². The second-order valence-corrected chi connectivity index (χ2v) is 6.28. The van der Waals surface area contributed by atoms with Crippen molar-refractivity contribution in [2.45, 2.75) is 58.9 Å². The van der Waals surface area contributed by atoms with E-state index in [2.05, 4.69) is 42.0 Å². The number of halogens is 2. The van der Waals surface area contributed by atoms with E-state index in [1.165, 1.54) is 31.2 Å². The first-order chi connectivity index (χ1) is 9.62. The molecule has 1 aromatic carbocycles. The lowest BCUT2D eigenvalue weighted by molar-refractivity contribution is 0.319. The van der Waals surface area contributed by atoms with Gasteiger partial charge in [-0.2, -0.15) is 0 Å². The van der Waals surface area contributed by atoms with Crippen molar-refractivity contribution in [3.63, 3.8) is 0 Å². The molecular weight excluding hydrogens is 317 g/mol. The zero-order valence-corrected chi connectivity index (χ0v) is 14.5. The summed E-state index contributed by atoms with van der Waals surface area (Å²) in [5.41, 5.74) is 1.19. The van der Waals surface area contributed by atoms with Gasteiger partial charge in [0.15, 0.2) is 0 Å². The van der Waals surface area contributed by atoms with Crippen LogP contribution in [0.3, 0.4) is 0 Å². The smallest absolute Gasteiger partial charge is 0.137 e. The summed E-state index contributed by atoms with van der Waals surface area (Å²) in [7, 11) is 0. The van der Waals surface area contributed by atoms with Crippen molar-refractivity contribution in [1.29, 1.82) is 0 Å². The number of rotatable bonds is 9. The monoisotopic (exact) mass is 343 g/mol. The lowest BCUT2D eigenvalue weighted by Crippen LogP contribution is -2.37. The van der Waals surface area contributed by atoms with Crippen molar-refractivity contribution in [2.24, 2.45) is 5.92 Å². The fourth-order valence-electron chi connectivity index (χ4n) is 2.74. The molecule has 0 aliphatic carbocycles. The van der Waals surface area contributed by atoms with Crippen molar-refractivity contribution < 1.29 is 4.39 Å². The van der Waals surface area contributed by atoms with Gasteiger partial charge in [-0.1, -0.05) is 46.1 Å². The number of likely N-dealkylation sites (N-methyl/N-ethyl adjacent to an activating group) is 1. The van der Waals surface area contributed by atoms with E-state index in [-0.39, 0.29) is 5.82 Å². The Morgan fingerprint density at radius 1 is 1.25 bits per heavy atom. The van der Waals surface area contributed by atoms with Crippen LogP contribution in [0.4, 0.5) is 4.39 Å². The second-order valence-electron chi connectivity index (χ2n) is 5.43. The summed E-state index contributed by atoms with van der Waals surface area (Å²) in [6, 6.07) is 5.84. The summed E-state index contributed by atoms with van der Waals surface area (Å²) < 4.78 is 13.9. The molecule has 0 spiro atoms. The lowest BCUT2D eigenvalue weighted by Gasteiger charge is -2.27. The van der Waals surface area contributed by atoms with Gasteiger partial charge in [0.25, 0.3) is 0 Å². The minimum absolute atomic E-state index is 0.188. The molecule has 1 aromatic rings. The molecule has 2 unspecified atom stereocenters. The van der Waals surface area contributed by atoms with Gasteiger partial charge in [-0.3, -0.25) is 0 Å². The Morgan fingerprint density at radius 2 is 2.00 bits per heavy atom. The predicted octanol–water partition coefficient (Wildman–Crippen LogP) is 5.33. The highest BCUT2D eigenvalue weighted by molar-refractivity contribution is 9.10. The van der Waals surface area contributed by atoms with Crippen LogP contribution in [-0.4, -0.2) is 12.6 Å². The lowest BCUT2D eigenvalue weighted by atomic mass is 9.87. The van der Waals surface area contributed by atoms with E-state index >= 15 is 0 Å². The molecule has 1 N–H and O–H groups in total. The Hall–Kier alpha value is -0.410. The van der Waals surface area contributed by atoms with Gasteiger partial charge in [-0.05, 0) is 58.9 Å². The van der Waals surface area contributed by atoms with Crippen LogP contribution >= 0.6 is 15.9 Å². The number of nitrogens with one attached hydrogen (secondary N) is 1. The van der Waals surface area contributed by atoms with Crippen LogP contribution in [0.15, 0.2) is 22.7 Å². The van der Waals surface area contributed by atoms with Crippen LogP contribution in [0.5, 0.6) is 0 Å². The first kappa shape index (κ1) is 17.6. The summed E-state index contributed by atoms with van der Waals surface area (Å²) >= 11 is 3.28. The number of unbranched alkanes of at least 4 members (excludes halogenated alkanes) is 1. The summed E-state index contributed by atoms with van der Waals surface area (Å²) in [5.74, 6) is 0.505. The fraction of sp³-hybridized carbons (Fsp3) is 0.647. The third-order valence-electron chi connectivity index (χ3n) is 3.93. The van der Waals surface area contributed by atoms with Gasteiger partial charge in [0, 0.05) is 6.04 Å². The second kappa shape index (κ2) is 9.51. The molecule has 0 amide bonds. The summed E-state index contributed by atoms with van der Waals surface area (Å²) in [6.45, 7) is 7.65. The van der Waals surface area contributed by atoms with Crippen molar-refractivity contribution >= 4 is 15.9 Å². The van der Waals surface area contributed by atoms with E-state index in [4.69, 9.17) is 0 Å². The zero-order chi connectivity index (χ0) is 15.0. The SMILES string of the molecule is CCCCC(CC)C(Cc1ccc(F)c(Br)c1)NCC. The average Bonchev–Trinajstić information content (AvgIpc) is 2.44. The first-order valence-corrected chi connectivity index (χ1v) is 8.58. The van der Waals surface area contributed by atoms with Crippen molar-refractivity contribution in [3.05, 3.63) is 34.1 Å². The maximum absolute atomic E-state index is 13.3. The number of hydrogen-bond acceptors (Lipinski definition) is 1. The minimum atomic E-state index is -0.188. The van der Waals surface area contributed by atoms with Crippen LogP contribution in [0.25, 0.3) is 0 Å². The van der Waals surface area contributed by atoms with Gasteiger partial charge in [0.2, 0.25) is 0 Å². The molecule has 20 heavy (non-hydrogen) atoms. The molecule has 1 nitrogen and oxygen atoms in total. The van der Waals surface area contributed by atoms with Crippen LogP contribution in [0, 0.1) is 11.7 Å². The van der Waals surface area contributed by atoms with Gasteiger partial charge in [-0.25, -0.2) is 4.39 Å². The Balaban J connectivity index is 2.75. The molecule has 0 aliphatic heterocycles. The molecule has 114 valence electrons. The Kier molecular flexibility index (Phi) is 8.39. The largest absolute Gasteiger partial charge is 0.314 e. The summed E-state index contributed by atoms with van der Waals surface area (Å²) in [6.07, 6.45) is 5.97. The van der Waals surface area contributed by atoms with Crippen LogP contribution in [0.2, 0.25) is 0 Å². The normalized spacial score (nSPS) is 14.2. The third kappa shape index (κ3) is 5.53. The topological polar surface area (TPSA) is 12.0 Å². The molecule has 0 radical (unpaired) electrons. The molecule has 2 atom stereocenters. The van der Waals surface area contributed by atoms with Crippen molar-refractivity contribution in [1.82, 2.24) is 5.32 Å². The highest BCUT2D eigenvalue weighted by atomic mass is 79.9. The van der Waals surface area contributed by atoms with Gasteiger partial charge in [-0.15, -0.1) is 0 Å². The van der Waals surface area contributed by atoms with E-state index < -0.39 is 0 Å². The fourth-order valence-corrected chi connectivity index (χ4v) is 3.17. The van der Waals surface area contributed by atoms with Crippen LogP contribution in [0.1, 0.15) is 52.0 Å². The highest BCUT2D eigenvalue weighted by Gasteiger charge is 2.19. The first-order valence-electron chi connectivity index (χ1n) is 7.79. The Bertz CT molecular complexity index is 395. The van der Waals surface area contributed by atoms with Gasteiger partial charge >= 0.3 is 0 Å². The highest BCUT2D eigenvalue weighted by Crippen LogP contribution is 2.23. The van der Waals surface area contributed by atoms with Crippen LogP contribution in [-0.2, 0) is 6.42 Å². The molecule has 0 aromatic heterocycles. The summed E-state index contributed by atoms with van der Waals surface area (Å²) in [4.78, 5) is 0. The molecule has 0 bridgehead atoms. The zero-order valence-electron chi connectivity index (χ0n) is 12.9. The van der Waals surface area contributed by atoms with Crippen molar-refractivity contribution in [2.75, 3.05) is 6.54 Å². The van der Waals surface area contributed by atoms with Crippen molar-refractivity contribution in [3.8, 4) is 0 Å². The Morgan fingerprint density at radius 3 is 2.55 bits per heavy atom. The quantitative estimate of drug-likeness (QED) is 0.639. The van der Waals surface area contributed by atoms with Gasteiger partial charge < -0.3 is 5.32 Å².